The fourth-order valence-electron chi connectivity index (χ4n) is 2.55. The number of aliphatic hydroxyl groups excluding tert-OH is 1. The van der Waals surface area contributed by atoms with Crippen LogP contribution in [-0.4, -0.2) is 29.4 Å². The molecule has 0 heterocycles. The molecule has 5 nitrogen and oxygen atoms in total. The van der Waals surface area contributed by atoms with Crippen molar-refractivity contribution in [1.82, 2.24) is 10.6 Å². The van der Waals surface area contributed by atoms with Gasteiger partial charge in [-0.1, -0.05) is 36.4 Å². The summed E-state index contributed by atoms with van der Waals surface area (Å²) in [5, 5.41) is 14.9. The van der Waals surface area contributed by atoms with Crippen LogP contribution < -0.4 is 10.6 Å². The van der Waals surface area contributed by atoms with Gasteiger partial charge in [0.25, 0.3) is 0 Å². The molecule has 1 aliphatic rings. The molecule has 1 aromatic rings. The number of amides is 2. The summed E-state index contributed by atoms with van der Waals surface area (Å²) < 4.78 is 5.78. The van der Waals surface area contributed by atoms with Crippen LogP contribution in [0.15, 0.2) is 36.4 Å². The van der Waals surface area contributed by atoms with Gasteiger partial charge in [-0.3, -0.25) is 0 Å². The highest BCUT2D eigenvalue weighted by Gasteiger charge is 2.19. The molecule has 0 radical (unpaired) electrons. The van der Waals surface area contributed by atoms with Crippen LogP contribution in [0, 0.1) is 5.92 Å². The van der Waals surface area contributed by atoms with Gasteiger partial charge in [-0.15, -0.1) is 0 Å². The largest absolute Gasteiger partial charge is 0.396 e. The van der Waals surface area contributed by atoms with E-state index in [4.69, 9.17) is 9.84 Å². The molecule has 132 valence electrons. The molecule has 2 atom stereocenters. The van der Waals surface area contributed by atoms with Gasteiger partial charge in [-0.2, -0.15) is 0 Å². The second-order valence-electron chi connectivity index (χ2n) is 7.22. The Balaban J connectivity index is 1.77. The van der Waals surface area contributed by atoms with Crippen molar-refractivity contribution in [2.24, 2.45) is 5.92 Å². The van der Waals surface area contributed by atoms with E-state index in [-0.39, 0.29) is 30.2 Å². The van der Waals surface area contributed by atoms with Gasteiger partial charge in [-0.25, -0.2) is 4.79 Å². The number of rotatable bonds is 6. The first kappa shape index (κ1) is 18.5. The molecule has 1 aliphatic carbocycles. The summed E-state index contributed by atoms with van der Waals surface area (Å²) in [6.07, 6.45) is 4.64. The second kappa shape index (κ2) is 8.31. The van der Waals surface area contributed by atoms with Crippen molar-refractivity contribution in [2.75, 3.05) is 6.61 Å². The molecule has 5 heteroatoms. The van der Waals surface area contributed by atoms with Crippen molar-refractivity contribution in [3.05, 3.63) is 47.5 Å². The van der Waals surface area contributed by atoms with Crippen molar-refractivity contribution < 1.29 is 14.6 Å². The van der Waals surface area contributed by atoms with Crippen molar-refractivity contribution in [1.29, 1.82) is 0 Å². The maximum Gasteiger partial charge on any atom is 0.315 e. The summed E-state index contributed by atoms with van der Waals surface area (Å²) in [7, 11) is 0. The van der Waals surface area contributed by atoms with Crippen LogP contribution in [0.4, 0.5) is 4.79 Å². The van der Waals surface area contributed by atoms with Crippen LogP contribution in [0.25, 0.3) is 0 Å². The number of nitrogens with one attached hydrogen (secondary N) is 2. The predicted octanol–water partition coefficient (Wildman–Crippen LogP) is 2.74. The Hall–Kier alpha value is -1.85. The van der Waals surface area contributed by atoms with E-state index in [1.54, 1.807) is 0 Å². The molecular formula is C19H28N2O3. The number of aliphatic hydroxyl groups is 1. The van der Waals surface area contributed by atoms with Gasteiger partial charge in [0, 0.05) is 25.1 Å². The molecule has 0 aliphatic heterocycles. The van der Waals surface area contributed by atoms with Gasteiger partial charge in [0.2, 0.25) is 0 Å². The lowest BCUT2D eigenvalue weighted by molar-refractivity contribution is -0.0149. The van der Waals surface area contributed by atoms with Crippen LogP contribution in [0.3, 0.4) is 0 Å². The Morgan fingerprint density at radius 2 is 2.04 bits per heavy atom. The van der Waals surface area contributed by atoms with Crippen molar-refractivity contribution in [3.8, 4) is 0 Å². The third kappa shape index (κ3) is 6.34. The lowest BCUT2D eigenvalue weighted by Crippen LogP contribution is -2.40. The zero-order chi connectivity index (χ0) is 17.6. The quantitative estimate of drug-likeness (QED) is 0.702. The number of carbonyl (C=O) groups excluding carboxylic acids is 1. The Morgan fingerprint density at radius 3 is 2.71 bits per heavy atom. The lowest BCUT2D eigenvalue weighted by atomic mass is 10.1. The summed E-state index contributed by atoms with van der Waals surface area (Å²) in [6, 6.07) is 7.82. The third-order valence-corrected chi connectivity index (χ3v) is 3.84. The minimum absolute atomic E-state index is 0.00586. The average Bonchev–Trinajstić information content (AvgIpc) is 2.98. The number of carbonyl (C=O) groups is 1. The van der Waals surface area contributed by atoms with E-state index in [0.29, 0.717) is 13.2 Å². The molecule has 0 saturated heterocycles. The highest BCUT2D eigenvalue weighted by molar-refractivity contribution is 5.74. The van der Waals surface area contributed by atoms with E-state index in [9.17, 15) is 4.79 Å². The molecular weight excluding hydrogens is 304 g/mol. The molecule has 1 aromatic carbocycles. The van der Waals surface area contributed by atoms with Crippen molar-refractivity contribution in [2.45, 2.75) is 52.0 Å². The summed E-state index contributed by atoms with van der Waals surface area (Å²) >= 11 is 0. The Bertz CT molecular complexity index is 578. The summed E-state index contributed by atoms with van der Waals surface area (Å²) in [5.74, 6) is 0.148. The van der Waals surface area contributed by atoms with Gasteiger partial charge in [0.15, 0.2) is 0 Å². The topological polar surface area (TPSA) is 70.6 Å². The Labute approximate surface area is 144 Å². The SMILES string of the molecule is CC(C)(C)OCc1cccc(CNC(=O)N[C@@H]2C=C[C@H](CO)C2)c1. The molecule has 24 heavy (non-hydrogen) atoms. The van der Waals surface area contributed by atoms with Gasteiger partial charge in [0.1, 0.15) is 0 Å². The molecule has 2 rings (SSSR count). The monoisotopic (exact) mass is 332 g/mol. The Morgan fingerprint density at radius 1 is 1.29 bits per heavy atom. The highest BCUT2D eigenvalue weighted by Crippen LogP contribution is 2.17. The first-order valence-corrected chi connectivity index (χ1v) is 8.41. The molecule has 3 N–H and O–H groups in total. The fraction of sp³-hybridized carbons (Fsp3) is 0.526. The molecule has 0 spiro atoms. The summed E-state index contributed by atoms with van der Waals surface area (Å²) in [6.45, 7) is 7.23. The molecule has 0 fully saturated rings. The number of benzene rings is 1. The van der Waals surface area contributed by atoms with E-state index >= 15 is 0 Å². The zero-order valence-corrected chi connectivity index (χ0v) is 14.7. The number of ether oxygens (including phenoxy) is 1. The number of hydrogen-bond donors (Lipinski definition) is 3. The van der Waals surface area contributed by atoms with E-state index < -0.39 is 0 Å². The standard InChI is InChI=1S/C19H28N2O3/c1-19(2,3)24-13-16-6-4-5-14(9-16)11-20-18(23)21-17-8-7-15(10-17)12-22/h4-9,15,17,22H,10-13H2,1-3H3,(H2,20,21,23)/t15-,17+/m0/s1. The highest BCUT2D eigenvalue weighted by atomic mass is 16.5. The number of hydrogen-bond acceptors (Lipinski definition) is 3. The molecule has 2 amide bonds. The first-order chi connectivity index (χ1) is 11.4. The maximum absolute atomic E-state index is 12.0. The van der Waals surface area contributed by atoms with E-state index in [0.717, 1.165) is 17.5 Å². The van der Waals surface area contributed by atoms with Gasteiger partial charge >= 0.3 is 6.03 Å². The minimum atomic E-state index is -0.195. The van der Waals surface area contributed by atoms with Gasteiger partial charge in [-0.05, 0) is 38.3 Å². The molecule has 0 saturated carbocycles. The van der Waals surface area contributed by atoms with Crippen LogP contribution in [-0.2, 0) is 17.9 Å². The van der Waals surface area contributed by atoms with Crippen LogP contribution in [0.2, 0.25) is 0 Å². The maximum atomic E-state index is 12.0. The van der Waals surface area contributed by atoms with Gasteiger partial charge in [0.05, 0.1) is 12.2 Å². The predicted molar refractivity (Wildman–Crippen MR) is 94.5 cm³/mol. The van der Waals surface area contributed by atoms with Crippen LogP contribution in [0.5, 0.6) is 0 Å². The zero-order valence-electron chi connectivity index (χ0n) is 14.7. The lowest BCUT2D eigenvalue weighted by Gasteiger charge is -2.19. The Kier molecular flexibility index (Phi) is 6.40. The molecule has 0 unspecified atom stereocenters. The first-order valence-electron chi connectivity index (χ1n) is 8.41. The third-order valence-electron chi connectivity index (χ3n) is 3.84. The van der Waals surface area contributed by atoms with E-state index in [2.05, 4.69) is 10.6 Å². The molecule has 0 bridgehead atoms. The van der Waals surface area contributed by atoms with Gasteiger partial charge < -0.3 is 20.5 Å². The van der Waals surface area contributed by atoms with E-state index in [1.165, 1.54) is 0 Å². The van der Waals surface area contributed by atoms with Crippen LogP contribution in [0.1, 0.15) is 38.3 Å². The summed E-state index contributed by atoms with van der Waals surface area (Å²) in [5.41, 5.74) is 1.96. The van der Waals surface area contributed by atoms with Crippen molar-refractivity contribution >= 4 is 6.03 Å². The summed E-state index contributed by atoms with van der Waals surface area (Å²) in [4.78, 5) is 12.0. The van der Waals surface area contributed by atoms with E-state index in [1.807, 2.05) is 57.2 Å². The van der Waals surface area contributed by atoms with Crippen LogP contribution >= 0.6 is 0 Å². The fourth-order valence-corrected chi connectivity index (χ4v) is 2.55. The van der Waals surface area contributed by atoms with Crippen molar-refractivity contribution in [3.63, 3.8) is 0 Å². The minimum Gasteiger partial charge on any atom is -0.396 e. The smallest absolute Gasteiger partial charge is 0.315 e. The molecule has 0 aromatic heterocycles. The average molecular weight is 332 g/mol. The normalized spacial score (nSPS) is 20.2. The second-order valence-corrected chi connectivity index (χ2v) is 7.22. The number of urea groups is 1.